The Morgan fingerprint density at radius 3 is 2.17 bits per heavy atom. The molecule has 5 nitrogen and oxygen atoms in total. The van der Waals surface area contributed by atoms with Gasteiger partial charge in [-0.3, -0.25) is 4.79 Å². The van der Waals surface area contributed by atoms with Crippen LogP contribution in [0.25, 0.3) is 0 Å². The van der Waals surface area contributed by atoms with Gasteiger partial charge in [0.05, 0.1) is 11.8 Å². The van der Waals surface area contributed by atoms with Crippen LogP contribution in [0.15, 0.2) is 0 Å². The molecule has 0 aromatic heterocycles. The van der Waals surface area contributed by atoms with Crippen LogP contribution >= 0.6 is 17.0 Å². The number of carbonyl (C=O) groups excluding carboxylic acids is 1. The normalized spacial score (nSPS) is 13.2. The zero-order valence-corrected chi connectivity index (χ0v) is 9.22. The maximum atomic E-state index is 10.6. The van der Waals surface area contributed by atoms with Gasteiger partial charge in [0, 0.05) is 6.26 Å². The zero-order valence-electron chi connectivity index (χ0n) is 6.69. The van der Waals surface area contributed by atoms with Crippen LogP contribution < -0.4 is 11.5 Å². The van der Waals surface area contributed by atoms with E-state index in [1.54, 1.807) is 0 Å². The molecule has 0 bridgehead atoms. The second-order valence-electron chi connectivity index (χ2n) is 2.43. The number of amides is 1. The predicted octanol–water partition coefficient (Wildman–Crippen LogP) is -1.19. The minimum absolute atomic E-state index is 0. The smallest absolute Gasteiger partial charge is 0.234 e. The van der Waals surface area contributed by atoms with Crippen LogP contribution in [0.4, 0.5) is 0 Å². The number of halogens is 1. The number of primary amides is 1. The van der Waals surface area contributed by atoms with Crippen LogP contribution in [0.5, 0.6) is 0 Å². The van der Waals surface area contributed by atoms with E-state index in [1.807, 2.05) is 0 Å². The van der Waals surface area contributed by atoms with E-state index in [2.05, 4.69) is 0 Å². The van der Waals surface area contributed by atoms with Crippen molar-refractivity contribution in [1.29, 1.82) is 0 Å². The fourth-order valence-electron chi connectivity index (χ4n) is 0.483. The molecule has 0 fully saturated rings. The number of sulfone groups is 1. The van der Waals surface area contributed by atoms with Crippen molar-refractivity contribution in [3.63, 3.8) is 0 Å². The van der Waals surface area contributed by atoms with Gasteiger partial charge in [0.15, 0.2) is 0 Å². The zero-order chi connectivity index (χ0) is 9.07. The van der Waals surface area contributed by atoms with Gasteiger partial charge < -0.3 is 11.5 Å². The topological polar surface area (TPSA) is 103 Å². The van der Waals surface area contributed by atoms with Gasteiger partial charge in [0.2, 0.25) is 5.91 Å². The van der Waals surface area contributed by atoms with Crippen molar-refractivity contribution in [3.8, 4) is 0 Å². The van der Waals surface area contributed by atoms with Gasteiger partial charge >= 0.3 is 0 Å². The molecule has 0 radical (unpaired) electrons. The van der Waals surface area contributed by atoms with E-state index in [1.165, 1.54) is 0 Å². The van der Waals surface area contributed by atoms with E-state index in [0.717, 1.165) is 6.26 Å². The molecule has 1 unspecified atom stereocenters. The summed E-state index contributed by atoms with van der Waals surface area (Å²) in [6, 6.07) is -0.857. The van der Waals surface area contributed by atoms with Gasteiger partial charge in [-0.05, 0) is 6.42 Å². The lowest BCUT2D eigenvalue weighted by molar-refractivity contribution is -0.119. The number of hydrogen-bond acceptors (Lipinski definition) is 4. The Hall–Kier alpha value is -0.140. The summed E-state index contributed by atoms with van der Waals surface area (Å²) >= 11 is 0. The summed E-state index contributed by atoms with van der Waals surface area (Å²) in [6.45, 7) is 0. The van der Waals surface area contributed by atoms with E-state index in [0.29, 0.717) is 0 Å². The summed E-state index contributed by atoms with van der Waals surface area (Å²) in [7, 11) is -3.04. The molecule has 1 amide bonds. The third kappa shape index (κ3) is 7.96. The summed E-state index contributed by atoms with van der Waals surface area (Å²) in [5, 5.41) is 0. The van der Waals surface area contributed by atoms with Gasteiger partial charge in [0.25, 0.3) is 0 Å². The van der Waals surface area contributed by atoms with Crippen molar-refractivity contribution in [3.05, 3.63) is 0 Å². The van der Waals surface area contributed by atoms with Gasteiger partial charge in [-0.15, -0.1) is 17.0 Å². The average molecular weight is 261 g/mol. The van der Waals surface area contributed by atoms with Crippen molar-refractivity contribution < 1.29 is 13.2 Å². The van der Waals surface area contributed by atoms with Crippen LogP contribution in [0.3, 0.4) is 0 Å². The molecule has 0 saturated heterocycles. The summed E-state index contributed by atoms with van der Waals surface area (Å²) in [5.41, 5.74) is 9.99. The molecule has 0 aliphatic rings. The molecule has 0 rings (SSSR count). The molecular weight excluding hydrogens is 248 g/mol. The molecule has 0 aromatic carbocycles. The molecule has 7 heteroatoms. The van der Waals surface area contributed by atoms with E-state index >= 15 is 0 Å². The number of hydrogen-bond donors (Lipinski definition) is 2. The molecular formula is C5H13BrN2O3S. The Bertz CT molecular complexity index is 239. The lowest BCUT2D eigenvalue weighted by atomic mass is 10.2. The van der Waals surface area contributed by atoms with Crippen LogP contribution in [-0.4, -0.2) is 32.4 Å². The van der Waals surface area contributed by atoms with Crippen LogP contribution in [0, 0.1) is 0 Å². The molecule has 0 saturated carbocycles. The molecule has 0 aromatic rings. The largest absolute Gasteiger partial charge is 0.368 e. The second kappa shape index (κ2) is 5.50. The molecule has 0 aliphatic heterocycles. The van der Waals surface area contributed by atoms with E-state index in [-0.39, 0.29) is 29.2 Å². The first-order valence-electron chi connectivity index (χ1n) is 3.05. The van der Waals surface area contributed by atoms with E-state index in [4.69, 9.17) is 11.5 Å². The van der Waals surface area contributed by atoms with Crippen molar-refractivity contribution >= 4 is 32.7 Å². The Morgan fingerprint density at radius 2 is 1.92 bits per heavy atom. The van der Waals surface area contributed by atoms with E-state index < -0.39 is 21.8 Å². The van der Waals surface area contributed by atoms with Crippen LogP contribution in [0.1, 0.15) is 6.42 Å². The van der Waals surface area contributed by atoms with Gasteiger partial charge in [0.1, 0.15) is 9.84 Å². The quantitative estimate of drug-likeness (QED) is 0.664. The standard InChI is InChI=1S/C5H12N2O3S.BrH/c1-11(9,10)3-2-4(6)5(7)8;/h4H,2-3,6H2,1H3,(H2,7,8);1H. The van der Waals surface area contributed by atoms with Gasteiger partial charge in [-0.2, -0.15) is 0 Å². The highest BCUT2D eigenvalue weighted by atomic mass is 79.9. The first-order valence-corrected chi connectivity index (χ1v) is 5.11. The van der Waals surface area contributed by atoms with Crippen molar-refractivity contribution in [2.75, 3.05) is 12.0 Å². The summed E-state index contributed by atoms with van der Waals surface area (Å²) in [4.78, 5) is 10.3. The van der Waals surface area contributed by atoms with Gasteiger partial charge in [-0.25, -0.2) is 8.42 Å². The molecule has 1 atom stereocenters. The summed E-state index contributed by atoms with van der Waals surface area (Å²) in [5.74, 6) is -0.773. The first-order chi connectivity index (χ1) is 4.83. The van der Waals surface area contributed by atoms with Crippen molar-refractivity contribution in [2.45, 2.75) is 12.5 Å². The fraction of sp³-hybridized carbons (Fsp3) is 0.800. The molecule has 4 N–H and O–H groups in total. The second-order valence-corrected chi connectivity index (χ2v) is 4.69. The van der Waals surface area contributed by atoms with Crippen LogP contribution in [-0.2, 0) is 14.6 Å². The van der Waals surface area contributed by atoms with Gasteiger partial charge in [-0.1, -0.05) is 0 Å². The highest BCUT2D eigenvalue weighted by Crippen LogP contribution is 1.92. The minimum Gasteiger partial charge on any atom is -0.368 e. The number of carbonyl (C=O) groups is 1. The Labute approximate surface area is 82.2 Å². The lowest BCUT2D eigenvalue weighted by Crippen LogP contribution is -2.37. The Morgan fingerprint density at radius 1 is 1.50 bits per heavy atom. The fourth-order valence-corrected chi connectivity index (χ4v) is 1.17. The number of nitrogens with two attached hydrogens (primary N) is 2. The predicted molar refractivity (Wildman–Crippen MR) is 51.8 cm³/mol. The highest BCUT2D eigenvalue weighted by molar-refractivity contribution is 8.93. The van der Waals surface area contributed by atoms with E-state index in [9.17, 15) is 13.2 Å². The third-order valence-corrected chi connectivity index (χ3v) is 2.14. The number of rotatable bonds is 4. The summed E-state index contributed by atoms with van der Waals surface area (Å²) < 4.78 is 21.1. The maximum absolute atomic E-state index is 10.6. The maximum Gasteiger partial charge on any atom is 0.234 e. The first kappa shape index (κ1) is 14.4. The van der Waals surface area contributed by atoms with Crippen LogP contribution in [0.2, 0.25) is 0 Å². The minimum atomic E-state index is -3.04. The molecule has 12 heavy (non-hydrogen) atoms. The molecule has 0 aliphatic carbocycles. The monoisotopic (exact) mass is 260 g/mol. The molecule has 0 spiro atoms. The Kier molecular flexibility index (Phi) is 6.59. The van der Waals surface area contributed by atoms with Crippen molar-refractivity contribution in [2.24, 2.45) is 11.5 Å². The molecule has 74 valence electrons. The third-order valence-electron chi connectivity index (χ3n) is 1.17. The Balaban J connectivity index is 0. The van der Waals surface area contributed by atoms with Crippen molar-refractivity contribution in [1.82, 2.24) is 0 Å². The lowest BCUT2D eigenvalue weighted by Gasteiger charge is -2.04. The molecule has 0 heterocycles. The SMILES string of the molecule is Br.CS(=O)(=O)CCC(N)C(N)=O. The average Bonchev–Trinajstić information content (AvgIpc) is 1.80. The summed E-state index contributed by atoms with van der Waals surface area (Å²) in [6.07, 6.45) is 1.18. The highest BCUT2D eigenvalue weighted by Gasteiger charge is 2.11.